The maximum Gasteiger partial charge on any atom is 0.251 e. The van der Waals surface area contributed by atoms with Crippen molar-refractivity contribution in [3.63, 3.8) is 0 Å². The third kappa shape index (κ3) is 3.28. The van der Waals surface area contributed by atoms with Gasteiger partial charge in [-0.3, -0.25) is 9.59 Å². The summed E-state index contributed by atoms with van der Waals surface area (Å²) in [5.74, 6) is 1.12. The van der Waals surface area contributed by atoms with E-state index in [2.05, 4.69) is 5.32 Å². The maximum atomic E-state index is 12.4. The van der Waals surface area contributed by atoms with Gasteiger partial charge in [0.1, 0.15) is 0 Å². The average molecular weight is 340 g/mol. The topological polar surface area (TPSA) is 67.9 Å². The Morgan fingerprint density at radius 3 is 2.60 bits per heavy atom. The zero-order valence-corrected chi connectivity index (χ0v) is 14.5. The Hall–Kier alpha value is -3.02. The standard InChI is InChI=1S/C19H20N2O4/c1-21-15-6-5-13(9-14(15)10-18(21)22)19(23)20-11-12-4-7-16(24-2)17(8-12)25-3/h4-9H,10-11H2,1-3H3,(H,20,23). The zero-order chi connectivity index (χ0) is 18.0. The Balaban J connectivity index is 1.69. The zero-order valence-electron chi connectivity index (χ0n) is 14.5. The number of carbonyl (C=O) groups excluding carboxylic acids is 2. The number of fused-ring (bicyclic) bond motifs is 1. The molecule has 0 aliphatic carbocycles. The fraction of sp³-hybridized carbons (Fsp3) is 0.263. The molecular weight excluding hydrogens is 320 g/mol. The molecule has 6 nitrogen and oxygen atoms in total. The molecule has 1 aliphatic rings. The fourth-order valence-electron chi connectivity index (χ4n) is 2.89. The second-order valence-electron chi connectivity index (χ2n) is 5.85. The Morgan fingerprint density at radius 1 is 1.12 bits per heavy atom. The number of hydrogen-bond donors (Lipinski definition) is 1. The van der Waals surface area contributed by atoms with Crippen molar-refractivity contribution in [3.8, 4) is 11.5 Å². The number of benzene rings is 2. The van der Waals surface area contributed by atoms with Crippen molar-refractivity contribution < 1.29 is 19.1 Å². The number of likely N-dealkylation sites (N-methyl/N-ethyl adjacent to an activating group) is 1. The molecule has 1 aliphatic heterocycles. The van der Waals surface area contributed by atoms with E-state index >= 15 is 0 Å². The highest BCUT2D eigenvalue weighted by Crippen LogP contribution is 2.29. The van der Waals surface area contributed by atoms with E-state index in [-0.39, 0.29) is 11.8 Å². The van der Waals surface area contributed by atoms with Crippen LogP contribution in [0.25, 0.3) is 0 Å². The molecule has 0 bridgehead atoms. The van der Waals surface area contributed by atoms with E-state index in [1.807, 2.05) is 18.2 Å². The third-order valence-electron chi connectivity index (χ3n) is 4.32. The Morgan fingerprint density at radius 2 is 1.88 bits per heavy atom. The first-order valence-corrected chi connectivity index (χ1v) is 7.92. The van der Waals surface area contributed by atoms with Crippen molar-refractivity contribution in [1.82, 2.24) is 5.32 Å². The van der Waals surface area contributed by atoms with E-state index in [9.17, 15) is 9.59 Å². The molecule has 0 saturated carbocycles. The van der Waals surface area contributed by atoms with Gasteiger partial charge in [-0.2, -0.15) is 0 Å². The van der Waals surface area contributed by atoms with Gasteiger partial charge in [0.15, 0.2) is 11.5 Å². The van der Waals surface area contributed by atoms with E-state index in [0.29, 0.717) is 30.0 Å². The third-order valence-corrected chi connectivity index (χ3v) is 4.32. The minimum atomic E-state index is -0.181. The summed E-state index contributed by atoms with van der Waals surface area (Å²) in [6.07, 6.45) is 0.336. The first-order chi connectivity index (χ1) is 12.0. The number of ether oxygens (including phenoxy) is 2. The minimum Gasteiger partial charge on any atom is -0.493 e. The molecule has 0 spiro atoms. The Bertz CT molecular complexity index is 832. The summed E-state index contributed by atoms with van der Waals surface area (Å²) in [4.78, 5) is 25.7. The second kappa shape index (κ2) is 6.84. The van der Waals surface area contributed by atoms with Gasteiger partial charge in [-0.05, 0) is 41.5 Å². The fourth-order valence-corrected chi connectivity index (χ4v) is 2.89. The monoisotopic (exact) mass is 340 g/mol. The molecule has 6 heteroatoms. The van der Waals surface area contributed by atoms with Gasteiger partial charge in [0, 0.05) is 24.8 Å². The summed E-state index contributed by atoms with van der Waals surface area (Å²) >= 11 is 0. The molecule has 130 valence electrons. The van der Waals surface area contributed by atoms with Gasteiger partial charge in [0.2, 0.25) is 5.91 Å². The summed E-state index contributed by atoms with van der Waals surface area (Å²) in [5, 5.41) is 2.88. The van der Waals surface area contributed by atoms with Crippen LogP contribution >= 0.6 is 0 Å². The quantitative estimate of drug-likeness (QED) is 0.906. The van der Waals surface area contributed by atoms with Gasteiger partial charge in [0.05, 0.1) is 20.6 Å². The number of hydrogen-bond acceptors (Lipinski definition) is 4. The molecule has 1 heterocycles. The van der Waals surface area contributed by atoms with Crippen LogP contribution in [-0.2, 0) is 17.8 Å². The van der Waals surface area contributed by atoms with Crippen LogP contribution in [-0.4, -0.2) is 33.1 Å². The SMILES string of the molecule is COc1ccc(CNC(=O)c2ccc3c(c2)CC(=O)N3C)cc1OC. The molecule has 2 aromatic rings. The first kappa shape index (κ1) is 16.8. The van der Waals surface area contributed by atoms with Gasteiger partial charge in [0.25, 0.3) is 5.91 Å². The van der Waals surface area contributed by atoms with E-state index in [1.54, 1.807) is 44.4 Å². The van der Waals surface area contributed by atoms with Crippen molar-refractivity contribution in [2.45, 2.75) is 13.0 Å². The van der Waals surface area contributed by atoms with Crippen LogP contribution < -0.4 is 19.7 Å². The van der Waals surface area contributed by atoms with E-state index < -0.39 is 0 Å². The van der Waals surface area contributed by atoms with Gasteiger partial charge in [-0.15, -0.1) is 0 Å². The lowest BCUT2D eigenvalue weighted by Gasteiger charge is -2.12. The van der Waals surface area contributed by atoms with Gasteiger partial charge < -0.3 is 19.7 Å². The molecule has 0 aromatic heterocycles. The molecule has 3 rings (SSSR count). The van der Waals surface area contributed by atoms with Crippen molar-refractivity contribution in [3.05, 3.63) is 53.1 Å². The summed E-state index contributed by atoms with van der Waals surface area (Å²) in [5.41, 5.74) is 3.19. The van der Waals surface area contributed by atoms with Crippen LogP contribution in [0.1, 0.15) is 21.5 Å². The van der Waals surface area contributed by atoms with Crippen molar-refractivity contribution in [2.75, 3.05) is 26.2 Å². The normalized spacial score (nSPS) is 12.8. The molecular formula is C19H20N2O4. The highest BCUT2D eigenvalue weighted by Gasteiger charge is 2.24. The predicted octanol–water partition coefficient (Wildman–Crippen LogP) is 2.15. The van der Waals surface area contributed by atoms with Crippen molar-refractivity contribution in [1.29, 1.82) is 0 Å². The number of carbonyl (C=O) groups is 2. The Kier molecular flexibility index (Phi) is 4.61. The molecule has 2 amide bonds. The molecule has 1 N–H and O–H groups in total. The summed E-state index contributed by atoms with van der Waals surface area (Å²) in [6, 6.07) is 10.8. The predicted molar refractivity (Wildman–Crippen MR) is 94.3 cm³/mol. The smallest absolute Gasteiger partial charge is 0.251 e. The molecule has 0 unspecified atom stereocenters. The van der Waals surface area contributed by atoms with Gasteiger partial charge in [-0.1, -0.05) is 6.07 Å². The van der Waals surface area contributed by atoms with Crippen LogP contribution in [0.5, 0.6) is 11.5 Å². The molecule has 0 radical (unpaired) electrons. The molecule has 2 aromatic carbocycles. The molecule has 25 heavy (non-hydrogen) atoms. The van der Waals surface area contributed by atoms with Crippen LogP contribution in [0.2, 0.25) is 0 Å². The summed E-state index contributed by atoms with van der Waals surface area (Å²) in [6.45, 7) is 0.370. The Labute approximate surface area is 146 Å². The highest BCUT2D eigenvalue weighted by atomic mass is 16.5. The van der Waals surface area contributed by atoms with Crippen molar-refractivity contribution in [2.24, 2.45) is 0 Å². The number of nitrogens with one attached hydrogen (secondary N) is 1. The largest absolute Gasteiger partial charge is 0.493 e. The van der Waals surface area contributed by atoms with Crippen LogP contribution in [0.3, 0.4) is 0 Å². The number of anilines is 1. The van der Waals surface area contributed by atoms with E-state index in [1.165, 1.54) is 0 Å². The number of methoxy groups -OCH3 is 2. The summed E-state index contributed by atoms with van der Waals surface area (Å²) in [7, 11) is 4.89. The molecule has 0 fully saturated rings. The van der Waals surface area contributed by atoms with Gasteiger partial charge in [-0.25, -0.2) is 0 Å². The van der Waals surface area contributed by atoms with E-state index in [4.69, 9.17) is 9.47 Å². The second-order valence-corrected chi connectivity index (χ2v) is 5.85. The minimum absolute atomic E-state index is 0.0397. The lowest BCUT2D eigenvalue weighted by molar-refractivity contribution is -0.117. The van der Waals surface area contributed by atoms with E-state index in [0.717, 1.165) is 16.8 Å². The van der Waals surface area contributed by atoms with Gasteiger partial charge >= 0.3 is 0 Å². The van der Waals surface area contributed by atoms with Crippen LogP contribution in [0.4, 0.5) is 5.69 Å². The van der Waals surface area contributed by atoms with Crippen LogP contribution in [0, 0.1) is 0 Å². The van der Waals surface area contributed by atoms with Crippen molar-refractivity contribution >= 4 is 17.5 Å². The highest BCUT2D eigenvalue weighted by molar-refractivity contribution is 6.03. The lowest BCUT2D eigenvalue weighted by atomic mass is 10.1. The molecule has 0 atom stereocenters. The molecule has 0 saturated heterocycles. The number of rotatable bonds is 5. The maximum absolute atomic E-state index is 12.4. The van der Waals surface area contributed by atoms with Crippen LogP contribution in [0.15, 0.2) is 36.4 Å². The lowest BCUT2D eigenvalue weighted by Crippen LogP contribution is -2.23. The summed E-state index contributed by atoms with van der Waals surface area (Å²) < 4.78 is 10.5. The number of amides is 2. The first-order valence-electron chi connectivity index (χ1n) is 7.92. The number of nitrogens with zero attached hydrogens (tertiary/aromatic N) is 1. The average Bonchev–Trinajstić information content (AvgIpc) is 2.92.